The predicted molar refractivity (Wildman–Crippen MR) is 47.8 cm³/mol. The third kappa shape index (κ3) is 1.36. The summed E-state index contributed by atoms with van der Waals surface area (Å²) in [4.78, 5) is 11.0. The number of carbonyl (C=O) groups excluding carboxylic acids is 1. The zero-order chi connectivity index (χ0) is 10.3. The molecular weight excluding hydrogens is 186 g/mol. The molecule has 2 unspecified atom stereocenters. The summed E-state index contributed by atoms with van der Waals surface area (Å²) in [6.45, 7) is 3.81. The Morgan fingerprint density at radius 2 is 2.29 bits per heavy atom. The Morgan fingerprint density at radius 3 is 2.93 bits per heavy atom. The number of nitrogens with one attached hydrogen (secondary N) is 1. The molecule has 0 aromatic heterocycles. The molecule has 14 heavy (non-hydrogen) atoms. The second-order valence-electron chi connectivity index (χ2n) is 3.82. The van der Waals surface area contributed by atoms with Crippen molar-refractivity contribution in [3.63, 3.8) is 0 Å². The molecule has 2 saturated heterocycles. The fourth-order valence-corrected chi connectivity index (χ4v) is 2.11. The number of hydrogen-bond donors (Lipinski definition) is 2. The molecule has 2 rings (SSSR count). The Morgan fingerprint density at radius 1 is 1.57 bits per heavy atom. The van der Waals surface area contributed by atoms with E-state index in [0.29, 0.717) is 6.42 Å². The molecule has 0 spiro atoms. The molecule has 5 nitrogen and oxygen atoms in total. The van der Waals surface area contributed by atoms with Crippen LogP contribution in [0.3, 0.4) is 0 Å². The highest BCUT2D eigenvalue weighted by Gasteiger charge is 2.49. The quantitative estimate of drug-likeness (QED) is 0.627. The van der Waals surface area contributed by atoms with Gasteiger partial charge in [-0.3, -0.25) is 0 Å². The first-order valence-corrected chi connectivity index (χ1v) is 4.94. The molecule has 5 atom stereocenters. The van der Waals surface area contributed by atoms with E-state index in [9.17, 15) is 9.90 Å². The highest BCUT2D eigenvalue weighted by Crippen LogP contribution is 2.28. The molecule has 0 aromatic carbocycles. The van der Waals surface area contributed by atoms with Crippen LogP contribution in [0, 0.1) is 0 Å². The minimum atomic E-state index is -0.722. The second-order valence-corrected chi connectivity index (χ2v) is 3.82. The van der Waals surface area contributed by atoms with Crippen molar-refractivity contribution >= 4 is 6.09 Å². The van der Waals surface area contributed by atoms with Gasteiger partial charge in [0.25, 0.3) is 0 Å². The molecule has 0 aliphatic carbocycles. The molecule has 0 bridgehead atoms. The van der Waals surface area contributed by atoms with Gasteiger partial charge < -0.3 is 19.9 Å². The van der Waals surface area contributed by atoms with Gasteiger partial charge in [0.1, 0.15) is 6.10 Å². The maximum absolute atomic E-state index is 11.0. The SMILES string of the molecule is CCC1O[C@@H](C)C2NC(=O)O[C@H]2[C@@H]1O. The van der Waals surface area contributed by atoms with Gasteiger partial charge >= 0.3 is 6.09 Å². The number of rotatable bonds is 1. The van der Waals surface area contributed by atoms with Crippen molar-refractivity contribution < 1.29 is 19.4 Å². The highest BCUT2D eigenvalue weighted by molar-refractivity contribution is 5.70. The van der Waals surface area contributed by atoms with Gasteiger partial charge in [-0.15, -0.1) is 0 Å². The first-order valence-electron chi connectivity index (χ1n) is 4.94. The van der Waals surface area contributed by atoms with Gasteiger partial charge in [0, 0.05) is 0 Å². The van der Waals surface area contributed by atoms with Gasteiger partial charge in [-0.05, 0) is 13.3 Å². The predicted octanol–water partition coefficient (Wildman–Crippen LogP) is 0.0216. The summed E-state index contributed by atoms with van der Waals surface area (Å²) in [5.41, 5.74) is 0. The Kier molecular flexibility index (Phi) is 2.36. The Labute approximate surface area is 82.4 Å². The smallest absolute Gasteiger partial charge is 0.408 e. The van der Waals surface area contributed by atoms with E-state index in [2.05, 4.69) is 5.32 Å². The standard InChI is InChI=1S/C9H15NO4/c1-3-5-7(11)8-6(4(2)13-5)10-9(12)14-8/h4-8,11H,3H2,1-2H3,(H,10,12)/t4-,5?,6?,7+,8+/m0/s1. The van der Waals surface area contributed by atoms with Crippen LogP contribution in [0.5, 0.6) is 0 Å². The lowest BCUT2D eigenvalue weighted by Crippen LogP contribution is -2.57. The molecule has 2 aliphatic heterocycles. The highest BCUT2D eigenvalue weighted by atomic mass is 16.6. The van der Waals surface area contributed by atoms with Crippen molar-refractivity contribution in [1.82, 2.24) is 5.32 Å². The van der Waals surface area contributed by atoms with Gasteiger partial charge in [0.15, 0.2) is 6.10 Å². The van der Waals surface area contributed by atoms with E-state index < -0.39 is 18.3 Å². The van der Waals surface area contributed by atoms with Gasteiger partial charge in [-0.2, -0.15) is 0 Å². The topological polar surface area (TPSA) is 67.8 Å². The van der Waals surface area contributed by atoms with E-state index in [1.165, 1.54) is 0 Å². The summed E-state index contributed by atoms with van der Waals surface area (Å²) in [7, 11) is 0. The van der Waals surface area contributed by atoms with E-state index in [1.807, 2.05) is 13.8 Å². The van der Waals surface area contributed by atoms with E-state index in [0.717, 1.165) is 0 Å². The lowest BCUT2D eigenvalue weighted by molar-refractivity contribution is -0.161. The zero-order valence-electron chi connectivity index (χ0n) is 8.27. The molecule has 0 aromatic rings. The maximum atomic E-state index is 11.0. The first kappa shape index (κ1) is 9.73. The third-order valence-electron chi connectivity index (χ3n) is 2.90. The molecule has 2 fully saturated rings. The van der Waals surface area contributed by atoms with Crippen LogP contribution in [0.25, 0.3) is 0 Å². The molecular formula is C9H15NO4. The molecule has 2 N–H and O–H groups in total. The van der Waals surface area contributed by atoms with Crippen LogP contribution in [0.15, 0.2) is 0 Å². The number of ether oxygens (including phenoxy) is 2. The lowest BCUT2D eigenvalue weighted by atomic mass is 9.93. The zero-order valence-corrected chi connectivity index (χ0v) is 8.27. The number of aliphatic hydroxyl groups excluding tert-OH is 1. The van der Waals surface area contributed by atoms with E-state index in [-0.39, 0.29) is 18.2 Å². The summed E-state index contributed by atoms with van der Waals surface area (Å²) in [5, 5.41) is 12.5. The van der Waals surface area contributed by atoms with Crippen molar-refractivity contribution in [3.8, 4) is 0 Å². The van der Waals surface area contributed by atoms with Crippen LogP contribution >= 0.6 is 0 Å². The van der Waals surface area contributed by atoms with E-state index in [4.69, 9.17) is 9.47 Å². The van der Waals surface area contributed by atoms with Crippen LogP contribution in [0.4, 0.5) is 4.79 Å². The van der Waals surface area contributed by atoms with Gasteiger partial charge in [0.05, 0.1) is 18.2 Å². The number of carbonyl (C=O) groups is 1. The van der Waals surface area contributed by atoms with Crippen LogP contribution in [0.1, 0.15) is 20.3 Å². The Hall–Kier alpha value is -0.810. The average molecular weight is 201 g/mol. The number of amides is 1. The monoisotopic (exact) mass is 201 g/mol. The summed E-state index contributed by atoms with van der Waals surface area (Å²) in [6.07, 6.45) is -1.28. The number of aliphatic hydroxyl groups is 1. The summed E-state index contributed by atoms with van der Waals surface area (Å²) < 4.78 is 10.6. The normalized spacial score (nSPS) is 46.8. The fourth-order valence-electron chi connectivity index (χ4n) is 2.11. The van der Waals surface area contributed by atoms with Crippen LogP contribution in [-0.4, -0.2) is 41.7 Å². The Balaban J connectivity index is 2.15. The molecule has 2 heterocycles. The van der Waals surface area contributed by atoms with Gasteiger partial charge in [-0.1, -0.05) is 6.92 Å². The summed E-state index contributed by atoms with van der Waals surface area (Å²) in [5.74, 6) is 0. The second kappa shape index (κ2) is 3.40. The van der Waals surface area contributed by atoms with Crippen molar-refractivity contribution in [2.24, 2.45) is 0 Å². The largest absolute Gasteiger partial charge is 0.441 e. The molecule has 2 aliphatic rings. The average Bonchev–Trinajstić information content (AvgIpc) is 2.54. The van der Waals surface area contributed by atoms with E-state index >= 15 is 0 Å². The van der Waals surface area contributed by atoms with Crippen LogP contribution in [-0.2, 0) is 9.47 Å². The molecule has 0 radical (unpaired) electrons. The molecule has 0 saturated carbocycles. The van der Waals surface area contributed by atoms with Gasteiger partial charge in [-0.25, -0.2) is 4.79 Å². The van der Waals surface area contributed by atoms with Gasteiger partial charge in [0.2, 0.25) is 0 Å². The fraction of sp³-hybridized carbons (Fsp3) is 0.889. The molecule has 1 amide bonds. The number of hydrogen-bond acceptors (Lipinski definition) is 4. The number of fused-ring (bicyclic) bond motifs is 1. The molecule has 80 valence electrons. The van der Waals surface area contributed by atoms with Crippen molar-refractivity contribution in [1.29, 1.82) is 0 Å². The summed E-state index contributed by atoms with van der Waals surface area (Å²) in [6, 6.07) is -0.222. The van der Waals surface area contributed by atoms with Crippen molar-refractivity contribution in [2.45, 2.75) is 50.7 Å². The van der Waals surface area contributed by atoms with Crippen molar-refractivity contribution in [2.75, 3.05) is 0 Å². The minimum Gasteiger partial charge on any atom is -0.441 e. The minimum absolute atomic E-state index is 0.111. The lowest BCUT2D eigenvalue weighted by Gasteiger charge is -2.38. The first-order chi connectivity index (χ1) is 6.63. The van der Waals surface area contributed by atoms with Crippen molar-refractivity contribution in [3.05, 3.63) is 0 Å². The number of alkyl carbamates (subject to hydrolysis) is 1. The third-order valence-corrected chi connectivity index (χ3v) is 2.90. The Bertz CT molecular complexity index is 245. The van der Waals surface area contributed by atoms with Crippen LogP contribution < -0.4 is 5.32 Å². The summed E-state index contributed by atoms with van der Waals surface area (Å²) >= 11 is 0. The molecule has 5 heteroatoms. The maximum Gasteiger partial charge on any atom is 0.408 e. The van der Waals surface area contributed by atoms with Crippen LogP contribution in [0.2, 0.25) is 0 Å². The van der Waals surface area contributed by atoms with E-state index in [1.54, 1.807) is 0 Å².